The SMILES string of the molecule is CC(=O)N1c2cc(S(=O)(=O)CCC(=O)NCc3ccccc3Cl)c(Br)cc2C[C@H]1C. The number of nitrogens with one attached hydrogen (secondary N) is 1. The number of anilines is 1. The van der Waals surface area contributed by atoms with Gasteiger partial charge in [-0.25, -0.2) is 8.42 Å². The number of fused-ring (bicyclic) bond motifs is 1. The lowest BCUT2D eigenvalue weighted by Gasteiger charge is -2.21. The van der Waals surface area contributed by atoms with Crippen molar-refractivity contribution in [3.8, 4) is 0 Å². The molecule has 1 N–H and O–H groups in total. The molecule has 0 aliphatic carbocycles. The number of halogens is 2. The summed E-state index contributed by atoms with van der Waals surface area (Å²) in [5.74, 6) is -0.852. The van der Waals surface area contributed by atoms with E-state index in [0.29, 0.717) is 21.6 Å². The van der Waals surface area contributed by atoms with E-state index in [1.54, 1.807) is 29.2 Å². The Bertz CT molecular complexity index is 1100. The van der Waals surface area contributed by atoms with Gasteiger partial charge in [-0.15, -0.1) is 0 Å². The summed E-state index contributed by atoms with van der Waals surface area (Å²) in [6, 6.07) is 10.4. The molecule has 0 radical (unpaired) electrons. The molecular weight excluding hydrogens is 492 g/mol. The van der Waals surface area contributed by atoms with Crippen molar-refractivity contribution < 1.29 is 18.0 Å². The van der Waals surface area contributed by atoms with E-state index in [1.807, 2.05) is 13.0 Å². The van der Waals surface area contributed by atoms with Crippen molar-refractivity contribution in [2.75, 3.05) is 10.7 Å². The number of hydrogen-bond donors (Lipinski definition) is 1. The van der Waals surface area contributed by atoms with Crippen LogP contribution in [0.3, 0.4) is 0 Å². The Labute approximate surface area is 189 Å². The van der Waals surface area contributed by atoms with Crippen LogP contribution in [0, 0.1) is 0 Å². The Morgan fingerprint density at radius 1 is 1.27 bits per heavy atom. The summed E-state index contributed by atoms with van der Waals surface area (Å²) in [6.45, 7) is 3.62. The van der Waals surface area contributed by atoms with Crippen LogP contribution in [0.15, 0.2) is 45.8 Å². The van der Waals surface area contributed by atoms with Crippen LogP contribution >= 0.6 is 27.5 Å². The highest BCUT2D eigenvalue weighted by molar-refractivity contribution is 9.10. The minimum Gasteiger partial charge on any atom is -0.352 e. The number of benzene rings is 2. The Hall–Kier alpha value is -1.90. The van der Waals surface area contributed by atoms with E-state index >= 15 is 0 Å². The number of nitrogens with zero attached hydrogens (tertiary/aromatic N) is 1. The molecule has 160 valence electrons. The van der Waals surface area contributed by atoms with Crippen LogP contribution in [-0.4, -0.2) is 32.0 Å². The van der Waals surface area contributed by atoms with Crippen molar-refractivity contribution >= 4 is 54.9 Å². The summed E-state index contributed by atoms with van der Waals surface area (Å²) in [5.41, 5.74) is 2.29. The largest absolute Gasteiger partial charge is 0.352 e. The summed E-state index contributed by atoms with van der Waals surface area (Å²) in [7, 11) is -3.74. The van der Waals surface area contributed by atoms with Crippen molar-refractivity contribution in [3.05, 3.63) is 57.0 Å². The van der Waals surface area contributed by atoms with Gasteiger partial charge in [0, 0.05) is 41.1 Å². The van der Waals surface area contributed by atoms with Gasteiger partial charge in [0.25, 0.3) is 0 Å². The topological polar surface area (TPSA) is 83.6 Å². The second-order valence-electron chi connectivity index (χ2n) is 7.29. The maximum absolute atomic E-state index is 12.9. The molecule has 9 heteroatoms. The standard InChI is InChI=1S/C21H22BrClN2O4S/c1-13-9-16-10-17(22)20(11-19(16)25(13)14(2)26)30(28,29)8-7-21(27)24-12-15-5-3-4-6-18(15)23/h3-6,10-11,13H,7-9,12H2,1-2H3,(H,24,27)/t13-/m1/s1. The number of amides is 2. The third-order valence-electron chi connectivity index (χ3n) is 5.05. The number of carbonyl (C=O) groups excluding carboxylic acids is 2. The fourth-order valence-corrected chi connectivity index (χ4v) is 6.25. The van der Waals surface area contributed by atoms with Crippen LogP contribution in [0.2, 0.25) is 5.02 Å². The summed E-state index contributed by atoms with van der Waals surface area (Å²) in [6.07, 6.45) is 0.488. The molecule has 0 saturated carbocycles. The summed E-state index contributed by atoms with van der Waals surface area (Å²) < 4.78 is 26.3. The lowest BCUT2D eigenvalue weighted by atomic mass is 10.1. The predicted molar refractivity (Wildman–Crippen MR) is 120 cm³/mol. The van der Waals surface area contributed by atoms with Crippen LogP contribution in [0.4, 0.5) is 5.69 Å². The molecule has 0 fully saturated rings. The molecule has 3 rings (SSSR count). The van der Waals surface area contributed by atoms with Gasteiger partial charge in [-0.2, -0.15) is 0 Å². The van der Waals surface area contributed by atoms with E-state index in [-0.39, 0.29) is 41.5 Å². The molecule has 0 spiro atoms. The van der Waals surface area contributed by atoms with E-state index in [1.165, 1.54) is 13.0 Å². The molecule has 0 unspecified atom stereocenters. The normalized spacial score (nSPS) is 15.7. The molecule has 0 bridgehead atoms. The van der Waals surface area contributed by atoms with Crippen LogP contribution in [0.1, 0.15) is 31.4 Å². The third kappa shape index (κ3) is 4.87. The molecule has 2 amide bonds. The van der Waals surface area contributed by atoms with Crippen molar-refractivity contribution in [1.29, 1.82) is 0 Å². The first-order chi connectivity index (χ1) is 14.1. The first-order valence-electron chi connectivity index (χ1n) is 9.45. The number of rotatable bonds is 6. The highest BCUT2D eigenvalue weighted by atomic mass is 79.9. The Kier molecular flexibility index (Phi) is 6.89. The molecule has 1 aliphatic rings. The van der Waals surface area contributed by atoms with Gasteiger partial charge in [0.1, 0.15) is 0 Å². The average Bonchev–Trinajstić information content (AvgIpc) is 2.99. The minimum atomic E-state index is -3.74. The molecule has 0 saturated heterocycles. The van der Waals surface area contributed by atoms with Gasteiger partial charge in [0.2, 0.25) is 11.8 Å². The van der Waals surface area contributed by atoms with E-state index in [2.05, 4.69) is 21.2 Å². The highest BCUT2D eigenvalue weighted by Crippen LogP contribution is 2.38. The highest BCUT2D eigenvalue weighted by Gasteiger charge is 2.32. The number of carbonyl (C=O) groups is 2. The monoisotopic (exact) mass is 512 g/mol. The van der Waals surface area contributed by atoms with Gasteiger partial charge in [-0.1, -0.05) is 29.8 Å². The number of hydrogen-bond acceptors (Lipinski definition) is 4. The van der Waals surface area contributed by atoms with E-state index in [0.717, 1.165) is 11.1 Å². The molecule has 2 aromatic rings. The second-order valence-corrected chi connectivity index (χ2v) is 10.6. The average molecular weight is 514 g/mol. The zero-order valence-corrected chi connectivity index (χ0v) is 19.8. The smallest absolute Gasteiger partial charge is 0.224 e. The van der Waals surface area contributed by atoms with Crippen molar-refractivity contribution in [2.45, 2.75) is 44.2 Å². The van der Waals surface area contributed by atoms with Crippen LogP contribution in [-0.2, 0) is 32.4 Å². The van der Waals surface area contributed by atoms with E-state index in [9.17, 15) is 18.0 Å². The molecule has 0 aromatic heterocycles. The molecule has 6 nitrogen and oxygen atoms in total. The lowest BCUT2D eigenvalue weighted by Crippen LogP contribution is -2.33. The zero-order chi connectivity index (χ0) is 22.1. The molecular formula is C21H22BrClN2O4S. The second kappa shape index (κ2) is 9.08. The molecule has 1 aliphatic heterocycles. The lowest BCUT2D eigenvalue weighted by molar-refractivity contribution is -0.121. The molecule has 30 heavy (non-hydrogen) atoms. The Morgan fingerprint density at radius 3 is 2.63 bits per heavy atom. The van der Waals surface area contributed by atoms with Crippen LogP contribution in [0.25, 0.3) is 0 Å². The van der Waals surface area contributed by atoms with Crippen molar-refractivity contribution in [1.82, 2.24) is 5.32 Å². The van der Waals surface area contributed by atoms with Crippen LogP contribution < -0.4 is 10.2 Å². The maximum atomic E-state index is 12.9. The molecule has 1 atom stereocenters. The Morgan fingerprint density at radius 2 is 1.97 bits per heavy atom. The predicted octanol–water partition coefficient (Wildman–Crippen LogP) is 3.88. The van der Waals surface area contributed by atoms with Crippen molar-refractivity contribution in [2.24, 2.45) is 0 Å². The summed E-state index contributed by atoms with van der Waals surface area (Å²) >= 11 is 9.41. The fraction of sp³-hybridized carbons (Fsp3) is 0.333. The van der Waals surface area contributed by atoms with E-state index in [4.69, 9.17) is 11.6 Å². The van der Waals surface area contributed by atoms with Crippen LogP contribution in [0.5, 0.6) is 0 Å². The van der Waals surface area contributed by atoms with Gasteiger partial charge in [0.05, 0.1) is 10.6 Å². The molecule has 1 heterocycles. The summed E-state index contributed by atoms with van der Waals surface area (Å²) in [5, 5.41) is 3.23. The first kappa shape index (κ1) is 22.8. The number of sulfone groups is 1. The first-order valence-corrected chi connectivity index (χ1v) is 12.3. The Balaban J connectivity index is 1.71. The van der Waals surface area contributed by atoms with Gasteiger partial charge < -0.3 is 10.2 Å². The van der Waals surface area contributed by atoms with E-state index < -0.39 is 9.84 Å². The summed E-state index contributed by atoms with van der Waals surface area (Å²) in [4.78, 5) is 25.9. The van der Waals surface area contributed by atoms with Gasteiger partial charge >= 0.3 is 0 Å². The molecule has 2 aromatic carbocycles. The van der Waals surface area contributed by atoms with Gasteiger partial charge in [0.15, 0.2) is 9.84 Å². The van der Waals surface area contributed by atoms with Gasteiger partial charge in [-0.3, -0.25) is 9.59 Å². The fourth-order valence-electron chi connectivity index (χ4n) is 3.60. The third-order valence-corrected chi connectivity index (χ3v) is 8.09. The maximum Gasteiger partial charge on any atom is 0.224 e. The zero-order valence-electron chi connectivity index (χ0n) is 16.6. The van der Waals surface area contributed by atoms with Crippen molar-refractivity contribution in [3.63, 3.8) is 0 Å². The quantitative estimate of drug-likeness (QED) is 0.635. The minimum absolute atomic E-state index is 0.0297. The van der Waals surface area contributed by atoms with Gasteiger partial charge in [-0.05, 0) is 58.6 Å².